The number of carbonyl (C=O) groups is 7. The molecule has 3 atom stereocenters. The fraction of sp³-hybridized carbons (Fsp3) is 0.646. The number of rotatable bonds is 36. The Bertz CT molecular complexity index is 1550. The van der Waals surface area contributed by atoms with Gasteiger partial charge < -0.3 is 63.1 Å². The van der Waals surface area contributed by atoms with Crippen molar-refractivity contribution < 1.29 is 96.6 Å². The molecular formula is C48H80O20. The van der Waals surface area contributed by atoms with Crippen molar-refractivity contribution in [1.29, 1.82) is 0 Å². The van der Waals surface area contributed by atoms with Crippen LogP contribution in [0, 0.1) is 10.8 Å². The van der Waals surface area contributed by atoms with Crippen LogP contribution < -0.4 is 0 Å². The van der Waals surface area contributed by atoms with E-state index in [4.69, 9.17) is 52.8 Å². The van der Waals surface area contributed by atoms with Crippen LogP contribution in [0.2, 0.25) is 0 Å². The summed E-state index contributed by atoms with van der Waals surface area (Å²) in [6.45, 7) is 26.0. The molecule has 0 bridgehead atoms. The minimum atomic E-state index is -1.15. The van der Waals surface area contributed by atoms with E-state index in [1.807, 2.05) is 0 Å². The molecule has 0 radical (unpaired) electrons. The van der Waals surface area contributed by atoms with Crippen LogP contribution in [0.4, 0.5) is 0 Å². The average molecular weight is 977 g/mol. The Kier molecular flexibility index (Phi) is 41.6. The van der Waals surface area contributed by atoms with Gasteiger partial charge in [-0.3, -0.25) is 9.59 Å². The monoisotopic (exact) mass is 977 g/mol. The van der Waals surface area contributed by atoms with Crippen LogP contribution in [0.15, 0.2) is 62.3 Å². The molecule has 0 aromatic carbocycles. The van der Waals surface area contributed by atoms with Gasteiger partial charge in [0.1, 0.15) is 31.5 Å². The molecule has 3 unspecified atom stereocenters. The summed E-state index contributed by atoms with van der Waals surface area (Å²) in [6, 6.07) is 0. The summed E-state index contributed by atoms with van der Waals surface area (Å²) in [5, 5.41) is 37.0. The minimum absolute atomic E-state index is 0. The predicted molar refractivity (Wildman–Crippen MR) is 251 cm³/mol. The molecule has 4 N–H and O–H groups in total. The number of aliphatic hydroxyl groups is 2. The fourth-order valence-corrected chi connectivity index (χ4v) is 4.53. The molecular weight excluding hydrogens is 897 g/mol. The normalized spacial score (nSPS) is 13.2. The number of aliphatic carboxylic acids is 2. The van der Waals surface area contributed by atoms with E-state index in [9.17, 15) is 43.8 Å². The maximum atomic E-state index is 12.5. The Hall–Kier alpha value is -5.25. The zero-order valence-electron chi connectivity index (χ0n) is 39.0. The van der Waals surface area contributed by atoms with Crippen LogP contribution in [-0.4, -0.2) is 160 Å². The summed E-state index contributed by atoms with van der Waals surface area (Å²) < 4.78 is 45.6. The van der Waals surface area contributed by atoms with E-state index in [1.165, 1.54) is 19.9 Å². The van der Waals surface area contributed by atoms with Gasteiger partial charge in [-0.1, -0.05) is 47.7 Å². The average Bonchev–Trinajstić information content (AvgIpc) is 4.10. The molecule has 68 heavy (non-hydrogen) atoms. The Morgan fingerprint density at radius 3 is 1.31 bits per heavy atom. The summed E-state index contributed by atoms with van der Waals surface area (Å²) >= 11 is 0. The number of carboxylic acids is 2. The highest BCUT2D eigenvalue weighted by atomic mass is 16.6. The van der Waals surface area contributed by atoms with Gasteiger partial charge in [-0.05, 0) is 79.1 Å². The molecule has 20 nitrogen and oxygen atoms in total. The topological polar surface area (TPSA) is 287 Å². The van der Waals surface area contributed by atoms with E-state index in [1.54, 1.807) is 13.8 Å². The highest BCUT2D eigenvalue weighted by molar-refractivity contribution is 5.89. The van der Waals surface area contributed by atoms with E-state index in [0.717, 1.165) is 31.6 Å². The molecule has 392 valence electrons. The van der Waals surface area contributed by atoms with Gasteiger partial charge in [-0.15, -0.1) is 0 Å². The zero-order chi connectivity index (χ0) is 50.6. The van der Waals surface area contributed by atoms with Gasteiger partial charge in [0.2, 0.25) is 0 Å². The second-order valence-electron chi connectivity index (χ2n) is 15.9. The molecule has 1 fully saturated rings. The van der Waals surface area contributed by atoms with Crippen LogP contribution in [0.5, 0.6) is 0 Å². The molecule has 0 amide bonds. The Morgan fingerprint density at radius 2 is 0.941 bits per heavy atom. The van der Waals surface area contributed by atoms with E-state index in [-0.39, 0.29) is 84.5 Å². The molecule has 1 aliphatic heterocycles. The Labute approximate surface area is 402 Å². The highest BCUT2D eigenvalue weighted by Gasteiger charge is 2.33. The first-order valence-electron chi connectivity index (χ1n) is 21.3. The summed E-state index contributed by atoms with van der Waals surface area (Å²) in [6.07, 6.45) is 5.61. The predicted octanol–water partition coefficient (Wildman–Crippen LogP) is 5.13. The molecule has 0 aliphatic carbocycles. The van der Waals surface area contributed by atoms with E-state index >= 15 is 0 Å². The minimum Gasteiger partial charge on any atom is -0.481 e. The number of epoxide rings is 1. The summed E-state index contributed by atoms with van der Waals surface area (Å²) in [5.74, 6) is -4.92. The van der Waals surface area contributed by atoms with Gasteiger partial charge >= 0.3 is 41.8 Å². The van der Waals surface area contributed by atoms with Gasteiger partial charge in [-0.25, -0.2) is 24.0 Å². The lowest BCUT2D eigenvalue weighted by atomic mass is 9.86. The van der Waals surface area contributed by atoms with Gasteiger partial charge in [0.25, 0.3) is 0 Å². The smallest absolute Gasteiger partial charge is 0.333 e. The van der Waals surface area contributed by atoms with Gasteiger partial charge in [-0.2, -0.15) is 0 Å². The van der Waals surface area contributed by atoms with Crippen molar-refractivity contribution in [2.45, 2.75) is 112 Å². The first kappa shape index (κ1) is 69.3. The van der Waals surface area contributed by atoms with Crippen molar-refractivity contribution >= 4 is 41.8 Å². The maximum Gasteiger partial charge on any atom is 0.333 e. The van der Waals surface area contributed by atoms with Crippen LogP contribution in [0.25, 0.3) is 0 Å². The molecule has 0 aromatic rings. The van der Waals surface area contributed by atoms with Crippen molar-refractivity contribution in [3.8, 4) is 0 Å². The van der Waals surface area contributed by atoms with Crippen molar-refractivity contribution in [3.63, 3.8) is 0 Å². The third-order valence-electron chi connectivity index (χ3n) is 8.46. The SMILES string of the molecule is C.C.C=C(CC(C)(C)C(=O)O)C(=O)O.C=CC(=O)OCCCCOCC(O)COC(=O)C(=C)CC(C)(C)C(=O)OCC(O)COCCCCOC(=O)C=C.C=CC(=O)OCCCCOCC1CO1. The summed E-state index contributed by atoms with van der Waals surface area (Å²) in [4.78, 5) is 78.0. The lowest BCUT2D eigenvalue weighted by molar-refractivity contribution is -0.158. The highest BCUT2D eigenvalue weighted by Crippen LogP contribution is 2.27. The van der Waals surface area contributed by atoms with Crippen molar-refractivity contribution in [1.82, 2.24) is 0 Å². The molecule has 0 saturated carbocycles. The van der Waals surface area contributed by atoms with Crippen LogP contribution in [-0.2, 0) is 76.2 Å². The first-order valence-corrected chi connectivity index (χ1v) is 21.3. The maximum absolute atomic E-state index is 12.5. The number of ether oxygens (including phenoxy) is 9. The number of hydrogen-bond donors (Lipinski definition) is 4. The number of carboxylic acid groups (broad SMARTS) is 2. The molecule has 1 rings (SSSR count). The largest absolute Gasteiger partial charge is 0.481 e. The van der Waals surface area contributed by atoms with Crippen molar-refractivity contribution in [2.75, 3.05) is 79.3 Å². The van der Waals surface area contributed by atoms with E-state index in [2.05, 4.69) is 32.9 Å². The third-order valence-corrected chi connectivity index (χ3v) is 8.46. The quantitative estimate of drug-likeness (QED) is 0.0208. The number of unbranched alkanes of at least 4 members (excludes halogenated alkanes) is 3. The first-order chi connectivity index (χ1) is 31.0. The molecule has 20 heteroatoms. The third kappa shape index (κ3) is 39.9. The lowest BCUT2D eigenvalue weighted by Crippen LogP contribution is -2.32. The number of esters is 5. The Morgan fingerprint density at radius 1 is 0.574 bits per heavy atom. The number of aliphatic hydroxyl groups excluding tert-OH is 2. The van der Waals surface area contributed by atoms with Crippen molar-refractivity contribution in [2.24, 2.45) is 10.8 Å². The molecule has 0 spiro atoms. The zero-order valence-corrected chi connectivity index (χ0v) is 39.0. The van der Waals surface area contributed by atoms with Crippen LogP contribution in [0.3, 0.4) is 0 Å². The molecule has 0 aromatic heterocycles. The van der Waals surface area contributed by atoms with Crippen LogP contribution >= 0.6 is 0 Å². The number of carbonyl (C=O) groups excluding carboxylic acids is 5. The Balaban J connectivity index is -0.000000592. The fourth-order valence-electron chi connectivity index (χ4n) is 4.53. The van der Waals surface area contributed by atoms with E-state index in [0.29, 0.717) is 64.8 Å². The van der Waals surface area contributed by atoms with Crippen molar-refractivity contribution in [3.05, 3.63) is 62.3 Å². The van der Waals surface area contributed by atoms with Gasteiger partial charge in [0.15, 0.2) is 0 Å². The van der Waals surface area contributed by atoms with Gasteiger partial charge in [0, 0.05) is 49.2 Å². The number of hydrogen-bond acceptors (Lipinski definition) is 18. The second-order valence-corrected chi connectivity index (χ2v) is 15.9. The summed E-state index contributed by atoms with van der Waals surface area (Å²) in [7, 11) is 0. The second kappa shape index (κ2) is 40.8. The van der Waals surface area contributed by atoms with Gasteiger partial charge in [0.05, 0.1) is 57.1 Å². The van der Waals surface area contributed by atoms with E-state index < -0.39 is 58.9 Å². The molecule has 1 aliphatic rings. The molecule has 1 heterocycles. The molecule has 1 saturated heterocycles. The summed E-state index contributed by atoms with van der Waals surface area (Å²) in [5.41, 5.74) is -2.24. The lowest BCUT2D eigenvalue weighted by Gasteiger charge is -2.24. The standard InChI is InChI=1S/C28H44O12.C10H16O4.C8H12O4.2CH4/c1-6-24(31)37-14-10-8-12-35-17-22(29)19-39-26(33)21(3)16-28(4,5)27(34)40-20-23(30)18-36-13-9-11-15-38-25(32)7-2;1-2-10(11)13-6-4-3-5-12-7-9-8-14-9;1-5(6(9)10)4-8(2,3)7(11)12;;/h6-7,22-23,29-30H,1-3,8-20H2,4-5H3;2,9H,1,3-8H2;1,4H2,2-3H3,(H,9,10)(H,11,12);2*1H4. The van der Waals surface area contributed by atoms with Crippen LogP contribution in [0.1, 0.15) is 93.9 Å².